The molecule has 0 saturated carbocycles. The zero-order valence-electron chi connectivity index (χ0n) is 16.2. The second kappa shape index (κ2) is 7.77. The van der Waals surface area contributed by atoms with Crippen LogP contribution in [0.25, 0.3) is 0 Å². The zero-order chi connectivity index (χ0) is 19.5. The number of amides is 1. The summed E-state index contributed by atoms with van der Waals surface area (Å²) in [5.41, 5.74) is 5.37. The van der Waals surface area contributed by atoms with Gasteiger partial charge in [0.2, 0.25) is 5.91 Å². The lowest BCUT2D eigenvalue weighted by Gasteiger charge is -2.39. The first-order chi connectivity index (χ1) is 13.6. The van der Waals surface area contributed by atoms with E-state index in [9.17, 15) is 4.79 Å². The van der Waals surface area contributed by atoms with Crippen LogP contribution in [-0.2, 0) is 4.79 Å². The number of carbonyl (C=O) groups is 1. The van der Waals surface area contributed by atoms with Crippen LogP contribution in [-0.4, -0.2) is 11.9 Å². The van der Waals surface area contributed by atoms with Gasteiger partial charge in [0.25, 0.3) is 0 Å². The van der Waals surface area contributed by atoms with Crippen LogP contribution >= 0.6 is 0 Å². The maximum Gasteiger partial charge on any atom is 0.224 e. The SMILES string of the molecule is CC(=O)N1c2ccccc2C(Nc2ccc(Nc3ccccc3)cc2)CC1C. The molecule has 2 unspecified atom stereocenters. The van der Waals surface area contributed by atoms with E-state index in [4.69, 9.17) is 0 Å². The Morgan fingerprint density at radius 2 is 1.46 bits per heavy atom. The first-order valence-electron chi connectivity index (χ1n) is 9.69. The molecule has 0 aromatic heterocycles. The third kappa shape index (κ3) is 3.72. The molecule has 4 heteroatoms. The van der Waals surface area contributed by atoms with Crippen molar-refractivity contribution in [1.82, 2.24) is 0 Å². The van der Waals surface area contributed by atoms with E-state index in [1.54, 1.807) is 6.92 Å². The first kappa shape index (κ1) is 18.1. The molecular weight excluding hydrogens is 346 g/mol. The van der Waals surface area contributed by atoms with Gasteiger partial charge in [-0.15, -0.1) is 0 Å². The minimum Gasteiger partial charge on any atom is -0.378 e. The number of hydrogen-bond acceptors (Lipinski definition) is 3. The summed E-state index contributed by atoms with van der Waals surface area (Å²) >= 11 is 0. The molecule has 1 aliphatic rings. The van der Waals surface area contributed by atoms with Gasteiger partial charge in [0, 0.05) is 35.7 Å². The van der Waals surface area contributed by atoms with Gasteiger partial charge in [-0.25, -0.2) is 0 Å². The van der Waals surface area contributed by atoms with Crippen molar-refractivity contribution in [2.45, 2.75) is 32.4 Å². The number of rotatable bonds is 4. The fourth-order valence-electron chi connectivity index (χ4n) is 3.97. The summed E-state index contributed by atoms with van der Waals surface area (Å²) in [6.07, 6.45) is 0.876. The molecule has 0 fully saturated rings. The Bertz CT molecular complexity index is 953. The maximum absolute atomic E-state index is 12.1. The Balaban J connectivity index is 1.52. The minimum absolute atomic E-state index is 0.0924. The number of hydrogen-bond donors (Lipinski definition) is 2. The average Bonchev–Trinajstić information content (AvgIpc) is 2.70. The highest BCUT2D eigenvalue weighted by molar-refractivity contribution is 5.93. The summed E-state index contributed by atoms with van der Waals surface area (Å²) in [4.78, 5) is 14.0. The van der Waals surface area contributed by atoms with E-state index in [-0.39, 0.29) is 18.0 Å². The van der Waals surface area contributed by atoms with Crippen LogP contribution in [0.2, 0.25) is 0 Å². The van der Waals surface area contributed by atoms with Crippen molar-refractivity contribution in [3.8, 4) is 0 Å². The molecule has 1 heterocycles. The van der Waals surface area contributed by atoms with Gasteiger partial charge < -0.3 is 15.5 Å². The molecule has 0 aliphatic carbocycles. The summed E-state index contributed by atoms with van der Waals surface area (Å²) in [5, 5.41) is 7.06. The molecule has 4 nitrogen and oxygen atoms in total. The van der Waals surface area contributed by atoms with Gasteiger partial charge in [-0.1, -0.05) is 36.4 Å². The largest absolute Gasteiger partial charge is 0.378 e. The van der Waals surface area contributed by atoms with Crippen LogP contribution in [0, 0.1) is 0 Å². The van der Waals surface area contributed by atoms with Crippen LogP contribution < -0.4 is 15.5 Å². The van der Waals surface area contributed by atoms with Crippen molar-refractivity contribution in [2.24, 2.45) is 0 Å². The second-order valence-electron chi connectivity index (χ2n) is 7.30. The van der Waals surface area contributed by atoms with Crippen LogP contribution in [0.4, 0.5) is 22.7 Å². The second-order valence-corrected chi connectivity index (χ2v) is 7.30. The lowest BCUT2D eigenvalue weighted by molar-refractivity contribution is -0.117. The van der Waals surface area contributed by atoms with E-state index in [1.165, 1.54) is 5.56 Å². The Hall–Kier alpha value is -3.27. The van der Waals surface area contributed by atoms with Crippen LogP contribution in [0.3, 0.4) is 0 Å². The van der Waals surface area contributed by atoms with Crippen molar-refractivity contribution in [1.29, 1.82) is 0 Å². The van der Waals surface area contributed by atoms with E-state index in [0.717, 1.165) is 29.2 Å². The van der Waals surface area contributed by atoms with Crippen molar-refractivity contribution >= 4 is 28.7 Å². The highest BCUT2D eigenvalue weighted by Gasteiger charge is 2.31. The molecule has 0 bridgehead atoms. The molecule has 0 spiro atoms. The number of anilines is 4. The van der Waals surface area contributed by atoms with Gasteiger partial charge in [-0.3, -0.25) is 4.79 Å². The Labute approximate surface area is 166 Å². The third-order valence-corrected chi connectivity index (χ3v) is 5.22. The number of fused-ring (bicyclic) bond motifs is 1. The van der Waals surface area contributed by atoms with Gasteiger partial charge in [0.1, 0.15) is 0 Å². The number of para-hydroxylation sites is 2. The van der Waals surface area contributed by atoms with Crippen molar-refractivity contribution < 1.29 is 4.79 Å². The molecule has 2 atom stereocenters. The zero-order valence-corrected chi connectivity index (χ0v) is 16.2. The van der Waals surface area contributed by atoms with Crippen molar-refractivity contribution in [3.63, 3.8) is 0 Å². The van der Waals surface area contributed by atoms with Crippen molar-refractivity contribution in [2.75, 3.05) is 15.5 Å². The monoisotopic (exact) mass is 371 g/mol. The van der Waals surface area contributed by atoms with Crippen molar-refractivity contribution in [3.05, 3.63) is 84.4 Å². The summed E-state index contributed by atoms with van der Waals surface area (Å²) in [6.45, 7) is 3.75. The Morgan fingerprint density at radius 1 is 0.857 bits per heavy atom. The summed E-state index contributed by atoms with van der Waals surface area (Å²) in [7, 11) is 0. The van der Waals surface area contributed by atoms with Gasteiger partial charge in [-0.2, -0.15) is 0 Å². The van der Waals surface area contributed by atoms with Gasteiger partial charge >= 0.3 is 0 Å². The number of nitrogens with one attached hydrogen (secondary N) is 2. The lowest BCUT2D eigenvalue weighted by Crippen LogP contribution is -2.43. The lowest BCUT2D eigenvalue weighted by atomic mass is 9.91. The van der Waals surface area contributed by atoms with E-state index < -0.39 is 0 Å². The van der Waals surface area contributed by atoms with Crippen LogP contribution in [0.1, 0.15) is 31.9 Å². The third-order valence-electron chi connectivity index (χ3n) is 5.22. The Morgan fingerprint density at radius 3 is 2.18 bits per heavy atom. The molecule has 1 amide bonds. The topological polar surface area (TPSA) is 44.4 Å². The summed E-state index contributed by atoms with van der Waals surface area (Å²) in [6, 6.07) is 27.0. The fraction of sp³-hybridized carbons (Fsp3) is 0.208. The molecule has 0 saturated heterocycles. The van der Waals surface area contributed by atoms with Crippen LogP contribution in [0.15, 0.2) is 78.9 Å². The van der Waals surface area contributed by atoms with Gasteiger partial charge in [0.05, 0.1) is 6.04 Å². The van der Waals surface area contributed by atoms with Gasteiger partial charge in [-0.05, 0) is 61.4 Å². The number of nitrogens with zero attached hydrogens (tertiary/aromatic N) is 1. The predicted octanol–water partition coefficient (Wildman–Crippen LogP) is 5.73. The number of benzene rings is 3. The molecule has 2 N–H and O–H groups in total. The molecule has 3 aromatic rings. The minimum atomic E-state index is 0.0924. The quantitative estimate of drug-likeness (QED) is 0.616. The normalized spacial score (nSPS) is 18.3. The highest BCUT2D eigenvalue weighted by atomic mass is 16.2. The fourth-order valence-corrected chi connectivity index (χ4v) is 3.97. The molecular formula is C24H25N3O. The molecule has 0 radical (unpaired) electrons. The summed E-state index contributed by atoms with van der Waals surface area (Å²) < 4.78 is 0. The maximum atomic E-state index is 12.1. The van der Waals surface area contributed by atoms with Gasteiger partial charge in [0.15, 0.2) is 0 Å². The molecule has 142 valence electrons. The average molecular weight is 371 g/mol. The first-order valence-corrected chi connectivity index (χ1v) is 9.69. The molecule has 1 aliphatic heterocycles. The molecule has 3 aromatic carbocycles. The molecule has 28 heavy (non-hydrogen) atoms. The smallest absolute Gasteiger partial charge is 0.224 e. The highest BCUT2D eigenvalue weighted by Crippen LogP contribution is 2.39. The van der Waals surface area contributed by atoms with Crippen LogP contribution in [0.5, 0.6) is 0 Å². The summed E-state index contributed by atoms with van der Waals surface area (Å²) in [5.74, 6) is 0.0924. The van der Waals surface area contributed by atoms with E-state index in [0.29, 0.717) is 0 Å². The predicted molar refractivity (Wildman–Crippen MR) is 116 cm³/mol. The van der Waals surface area contributed by atoms with E-state index >= 15 is 0 Å². The Kier molecular flexibility index (Phi) is 5.02. The number of carbonyl (C=O) groups excluding carboxylic acids is 1. The van der Waals surface area contributed by atoms with E-state index in [2.05, 4.69) is 47.9 Å². The molecule has 4 rings (SSSR count). The van der Waals surface area contributed by atoms with E-state index in [1.807, 2.05) is 53.4 Å². The standard InChI is InChI=1S/C24H25N3O/c1-17-16-23(22-10-6-7-11-24(22)27(17)18(2)28)26-21-14-12-20(13-15-21)25-19-8-4-3-5-9-19/h3-15,17,23,25-26H,16H2,1-2H3.